The maximum atomic E-state index is 12.5. The standard InChI is InChI=1S/C20H16BrClN2O3S/c21-15-9-17-18(27-5-4-26-17)10-16(15)24-19(25)8-14-11-28-20(23-14)7-12-2-1-3-13(22)6-12/h1-3,6,9-11H,4-5,7-8H2,(H,24,25). The van der Waals surface area contributed by atoms with Crippen LogP contribution in [-0.4, -0.2) is 24.1 Å². The normalized spacial score (nSPS) is 12.6. The summed E-state index contributed by atoms with van der Waals surface area (Å²) in [4.78, 5) is 17.0. The molecule has 0 aliphatic carbocycles. The summed E-state index contributed by atoms with van der Waals surface area (Å²) in [6, 6.07) is 11.3. The van der Waals surface area contributed by atoms with Crippen molar-refractivity contribution in [2.45, 2.75) is 12.8 Å². The van der Waals surface area contributed by atoms with Crippen molar-refractivity contribution in [1.29, 1.82) is 0 Å². The van der Waals surface area contributed by atoms with Crippen LogP contribution in [0.15, 0.2) is 46.3 Å². The minimum atomic E-state index is -0.142. The number of anilines is 1. The number of benzene rings is 2. The highest BCUT2D eigenvalue weighted by Crippen LogP contribution is 2.38. The predicted molar refractivity (Wildman–Crippen MR) is 114 cm³/mol. The van der Waals surface area contributed by atoms with Gasteiger partial charge in [-0.25, -0.2) is 4.98 Å². The molecule has 0 unspecified atom stereocenters. The second kappa shape index (κ2) is 8.51. The Labute approximate surface area is 179 Å². The van der Waals surface area contributed by atoms with Crippen molar-refractivity contribution in [2.24, 2.45) is 0 Å². The number of thiazole rings is 1. The lowest BCUT2D eigenvalue weighted by Gasteiger charge is -2.20. The first-order chi connectivity index (χ1) is 13.6. The fourth-order valence-electron chi connectivity index (χ4n) is 2.85. The lowest BCUT2D eigenvalue weighted by Crippen LogP contribution is -2.17. The highest BCUT2D eigenvalue weighted by molar-refractivity contribution is 9.10. The van der Waals surface area contributed by atoms with Crippen LogP contribution in [0, 0.1) is 0 Å². The number of nitrogens with one attached hydrogen (secondary N) is 1. The molecule has 8 heteroatoms. The average molecular weight is 480 g/mol. The molecule has 1 aromatic heterocycles. The molecule has 0 atom stereocenters. The van der Waals surface area contributed by atoms with Gasteiger partial charge in [-0.15, -0.1) is 11.3 Å². The molecule has 0 saturated heterocycles. The zero-order chi connectivity index (χ0) is 19.5. The van der Waals surface area contributed by atoms with Gasteiger partial charge in [-0.2, -0.15) is 0 Å². The van der Waals surface area contributed by atoms with E-state index in [4.69, 9.17) is 21.1 Å². The molecular weight excluding hydrogens is 464 g/mol. The van der Waals surface area contributed by atoms with Crippen LogP contribution >= 0.6 is 38.9 Å². The van der Waals surface area contributed by atoms with Crippen LogP contribution in [0.2, 0.25) is 5.02 Å². The molecule has 1 N–H and O–H groups in total. The number of hydrogen-bond acceptors (Lipinski definition) is 5. The maximum Gasteiger partial charge on any atom is 0.230 e. The number of rotatable bonds is 5. The fraction of sp³-hybridized carbons (Fsp3) is 0.200. The molecule has 0 radical (unpaired) electrons. The Morgan fingerprint density at radius 1 is 1.21 bits per heavy atom. The zero-order valence-electron chi connectivity index (χ0n) is 14.7. The Bertz CT molecular complexity index is 1020. The minimum Gasteiger partial charge on any atom is -0.486 e. The highest BCUT2D eigenvalue weighted by Gasteiger charge is 2.17. The number of halogens is 2. The van der Waals surface area contributed by atoms with E-state index in [0.717, 1.165) is 20.7 Å². The van der Waals surface area contributed by atoms with Gasteiger partial charge in [0.2, 0.25) is 5.91 Å². The Kier molecular flexibility index (Phi) is 5.85. The van der Waals surface area contributed by atoms with Crippen molar-refractivity contribution in [3.63, 3.8) is 0 Å². The van der Waals surface area contributed by atoms with E-state index in [1.807, 2.05) is 29.6 Å². The maximum absolute atomic E-state index is 12.5. The molecule has 2 heterocycles. The van der Waals surface area contributed by atoms with E-state index >= 15 is 0 Å². The summed E-state index contributed by atoms with van der Waals surface area (Å²) < 4.78 is 11.8. The zero-order valence-corrected chi connectivity index (χ0v) is 17.9. The van der Waals surface area contributed by atoms with Crippen molar-refractivity contribution < 1.29 is 14.3 Å². The first kappa shape index (κ1) is 19.2. The van der Waals surface area contributed by atoms with Crippen molar-refractivity contribution in [3.8, 4) is 11.5 Å². The van der Waals surface area contributed by atoms with E-state index in [-0.39, 0.29) is 12.3 Å². The van der Waals surface area contributed by atoms with Gasteiger partial charge in [0, 0.05) is 33.4 Å². The summed E-state index contributed by atoms with van der Waals surface area (Å²) in [6.07, 6.45) is 0.896. The van der Waals surface area contributed by atoms with Gasteiger partial charge in [0.25, 0.3) is 0 Å². The third-order valence-corrected chi connectivity index (χ3v) is 5.88. The van der Waals surface area contributed by atoms with Gasteiger partial charge in [-0.05, 0) is 33.6 Å². The van der Waals surface area contributed by atoms with Gasteiger partial charge in [-0.3, -0.25) is 4.79 Å². The number of ether oxygens (including phenoxy) is 2. The molecule has 4 rings (SSSR count). The number of carbonyl (C=O) groups is 1. The van der Waals surface area contributed by atoms with E-state index in [9.17, 15) is 4.79 Å². The smallest absolute Gasteiger partial charge is 0.230 e. The monoisotopic (exact) mass is 478 g/mol. The van der Waals surface area contributed by atoms with Gasteiger partial charge in [0.1, 0.15) is 13.2 Å². The van der Waals surface area contributed by atoms with E-state index < -0.39 is 0 Å². The van der Waals surface area contributed by atoms with Gasteiger partial charge in [0.05, 0.1) is 22.8 Å². The first-order valence-electron chi connectivity index (χ1n) is 8.63. The van der Waals surface area contributed by atoms with Crippen LogP contribution in [-0.2, 0) is 17.6 Å². The summed E-state index contributed by atoms with van der Waals surface area (Å²) >= 11 is 11.0. The predicted octanol–water partition coefficient (Wildman–Crippen LogP) is 5.10. The Morgan fingerprint density at radius 2 is 2.00 bits per heavy atom. The number of carbonyl (C=O) groups excluding carboxylic acids is 1. The second-order valence-electron chi connectivity index (χ2n) is 6.24. The molecule has 0 bridgehead atoms. The molecule has 1 aliphatic rings. The molecule has 0 spiro atoms. The Balaban J connectivity index is 1.40. The molecule has 0 saturated carbocycles. The third kappa shape index (κ3) is 4.66. The molecule has 3 aromatic rings. The van der Waals surface area contributed by atoms with Crippen LogP contribution in [0.25, 0.3) is 0 Å². The SMILES string of the molecule is O=C(Cc1csc(Cc2cccc(Cl)c2)n1)Nc1cc2c(cc1Br)OCCO2. The van der Waals surface area contributed by atoms with Crippen molar-refractivity contribution in [2.75, 3.05) is 18.5 Å². The summed E-state index contributed by atoms with van der Waals surface area (Å²) in [6.45, 7) is 1.02. The molecule has 2 aromatic carbocycles. The number of amides is 1. The largest absolute Gasteiger partial charge is 0.486 e. The highest BCUT2D eigenvalue weighted by atomic mass is 79.9. The lowest BCUT2D eigenvalue weighted by atomic mass is 10.2. The van der Waals surface area contributed by atoms with Gasteiger partial charge in [0.15, 0.2) is 11.5 Å². The number of hydrogen-bond donors (Lipinski definition) is 1. The average Bonchev–Trinajstić information content (AvgIpc) is 3.09. The van der Waals surface area contributed by atoms with Crippen molar-refractivity contribution in [1.82, 2.24) is 4.98 Å². The van der Waals surface area contributed by atoms with E-state index in [2.05, 4.69) is 26.2 Å². The van der Waals surface area contributed by atoms with Gasteiger partial charge < -0.3 is 14.8 Å². The van der Waals surface area contributed by atoms with E-state index in [1.54, 1.807) is 23.5 Å². The van der Waals surface area contributed by atoms with E-state index in [0.29, 0.717) is 41.8 Å². The molecule has 0 fully saturated rings. The summed E-state index contributed by atoms with van der Waals surface area (Å²) in [7, 11) is 0. The lowest BCUT2D eigenvalue weighted by molar-refractivity contribution is -0.115. The van der Waals surface area contributed by atoms with Gasteiger partial charge >= 0.3 is 0 Å². The summed E-state index contributed by atoms with van der Waals surface area (Å²) in [5.74, 6) is 1.15. The summed E-state index contributed by atoms with van der Waals surface area (Å²) in [5.41, 5.74) is 2.48. The third-order valence-electron chi connectivity index (χ3n) is 4.09. The molecule has 28 heavy (non-hydrogen) atoms. The molecule has 144 valence electrons. The van der Waals surface area contributed by atoms with Crippen LogP contribution in [0.4, 0.5) is 5.69 Å². The topological polar surface area (TPSA) is 60.5 Å². The fourth-order valence-corrected chi connectivity index (χ4v) is 4.31. The quantitative estimate of drug-likeness (QED) is 0.553. The minimum absolute atomic E-state index is 0.142. The number of nitrogens with zero attached hydrogens (tertiary/aromatic N) is 1. The van der Waals surface area contributed by atoms with Crippen LogP contribution < -0.4 is 14.8 Å². The van der Waals surface area contributed by atoms with Gasteiger partial charge in [-0.1, -0.05) is 23.7 Å². The van der Waals surface area contributed by atoms with Crippen LogP contribution in [0.5, 0.6) is 11.5 Å². The molecule has 5 nitrogen and oxygen atoms in total. The van der Waals surface area contributed by atoms with Crippen molar-refractivity contribution >= 4 is 50.5 Å². The van der Waals surface area contributed by atoms with E-state index in [1.165, 1.54) is 0 Å². The number of fused-ring (bicyclic) bond motifs is 1. The van der Waals surface area contributed by atoms with Crippen LogP contribution in [0.1, 0.15) is 16.3 Å². The molecule has 1 amide bonds. The first-order valence-corrected chi connectivity index (χ1v) is 10.7. The van der Waals surface area contributed by atoms with Crippen molar-refractivity contribution in [3.05, 3.63) is 67.5 Å². The van der Waals surface area contributed by atoms with Crippen LogP contribution in [0.3, 0.4) is 0 Å². The second-order valence-corrected chi connectivity index (χ2v) is 8.47. The Morgan fingerprint density at radius 3 is 2.79 bits per heavy atom. The summed E-state index contributed by atoms with van der Waals surface area (Å²) in [5, 5.41) is 6.47. The molecular formula is C20H16BrClN2O3S. The molecule has 1 aliphatic heterocycles. The number of aromatic nitrogens is 1. The Hall–Kier alpha value is -2.09.